The summed E-state index contributed by atoms with van der Waals surface area (Å²) in [5, 5.41) is 6.88. The Kier molecular flexibility index (Phi) is 3.97. The van der Waals surface area contributed by atoms with Crippen LogP contribution in [0.25, 0.3) is 0 Å². The highest BCUT2D eigenvalue weighted by atomic mass is 16.7. The molecule has 0 radical (unpaired) electrons. The van der Waals surface area contributed by atoms with E-state index in [0.29, 0.717) is 23.6 Å². The first-order valence-electron chi connectivity index (χ1n) is 7.22. The van der Waals surface area contributed by atoms with Gasteiger partial charge in [-0.15, -0.1) is 0 Å². The van der Waals surface area contributed by atoms with Crippen LogP contribution < -0.4 is 10.1 Å². The Labute approximate surface area is 134 Å². The van der Waals surface area contributed by atoms with E-state index in [1.54, 1.807) is 38.6 Å². The van der Waals surface area contributed by atoms with Crippen molar-refractivity contribution in [3.05, 3.63) is 54.4 Å². The van der Waals surface area contributed by atoms with Gasteiger partial charge in [-0.3, -0.25) is 9.78 Å². The number of ether oxygens (including phenoxy) is 1. The first-order chi connectivity index (χ1) is 11.1. The van der Waals surface area contributed by atoms with Crippen LogP contribution in [0.4, 0.5) is 5.69 Å². The number of nitrogens with one attached hydrogen (secondary N) is 1. The summed E-state index contributed by atoms with van der Waals surface area (Å²) in [7, 11) is 1.60. The predicted molar refractivity (Wildman–Crippen MR) is 86.5 cm³/mol. The molecule has 0 saturated heterocycles. The van der Waals surface area contributed by atoms with Crippen molar-refractivity contribution < 1.29 is 14.4 Å². The highest BCUT2D eigenvalue weighted by Gasteiger charge is 2.42. The summed E-state index contributed by atoms with van der Waals surface area (Å²) in [6.45, 7) is 1.71. The molecule has 0 aliphatic carbocycles. The van der Waals surface area contributed by atoms with E-state index in [-0.39, 0.29) is 5.91 Å². The first kappa shape index (κ1) is 15.0. The lowest BCUT2D eigenvalue weighted by Crippen LogP contribution is -2.40. The molecule has 1 aliphatic rings. The summed E-state index contributed by atoms with van der Waals surface area (Å²) < 4.78 is 5.34. The number of methoxy groups -OCH3 is 1. The van der Waals surface area contributed by atoms with Crippen molar-refractivity contribution >= 4 is 17.3 Å². The monoisotopic (exact) mass is 311 g/mol. The Morgan fingerprint density at radius 3 is 2.87 bits per heavy atom. The van der Waals surface area contributed by atoms with Crippen LogP contribution in [0.2, 0.25) is 0 Å². The molecular weight excluding hydrogens is 294 g/mol. The lowest BCUT2D eigenvalue weighted by Gasteiger charge is -2.20. The molecule has 118 valence electrons. The van der Waals surface area contributed by atoms with Crippen LogP contribution in [-0.4, -0.2) is 29.3 Å². The number of benzene rings is 1. The number of anilines is 1. The fraction of sp³-hybridized carbons (Fsp3) is 0.235. The maximum Gasteiger partial charge on any atom is 0.271 e. The molecule has 1 aromatic heterocycles. The van der Waals surface area contributed by atoms with Crippen molar-refractivity contribution in [2.75, 3.05) is 12.4 Å². The van der Waals surface area contributed by atoms with Crippen molar-refractivity contribution in [1.82, 2.24) is 4.98 Å². The van der Waals surface area contributed by atoms with Crippen molar-refractivity contribution in [2.45, 2.75) is 18.9 Å². The molecule has 2 aromatic rings. The molecule has 0 bridgehead atoms. The van der Waals surface area contributed by atoms with Crippen LogP contribution in [0.5, 0.6) is 5.75 Å². The van der Waals surface area contributed by atoms with Crippen LogP contribution in [0, 0.1) is 0 Å². The fourth-order valence-corrected chi connectivity index (χ4v) is 2.39. The third-order valence-electron chi connectivity index (χ3n) is 3.68. The van der Waals surface area contributed by atoms with Crippen LogP contribution in [0.1, 0.15) is 18.9 Å². The molecular formula is C17H17N3O3. The highest BCUT2D eigenvalue weighted by Crippen LogP contribution is 2.31. The van der Waals surface area contributed by atoms with E-state index in [2.05, 4.69) is 15.5 Å². The van der Waals surface area contributed by atoms with Crippen molar-refractivity contribution in [3.8, 4) is 5.75 Å². The van der Waals surface area contributed by atoms with E-state index in [4.69, 9.17) is 9.57 Å². The van der Waals surface area contributed by atoms with Gasteiger partial charge < -0.3 is 14.9 Å². The minimum Gasteiger partial charge on any atom is -0.496 e. The number of aromatic nitrogens is 1. The number of para-hydroxylation sites is 1. The van der Waals surface area contributed by atoms with Gasteiger partial charge in [-0.25, -0.2) is 0 Å². The number of carbonyl (C=O) groups is 1. The van der Waals surface area contributed by atoms with Crippen molar-refractivity contribution in [1.29, 1.82) is 0 Å². The maximum absolute atomic E-state index is 12.5. The second-order valence-electron chi connectivity index (χ2n) is 5.43. The summed E-state index contributed by atoms with van der Waals surface area (Å²) >= 11 is 0. The Morgan fingerprint density at radius 2 is 2.13 bits per heavy atom. The molecule has 2 heterocycles. The van der Waals surface area contributed by atoms with Gasteiger partial charge in [0, 0.05) is 18.2 Å². The van der Waals surface area contributed by atoms with Gasteiger partial charge in [0.25, 0.3) is 5.91 Å². The molecule has 3 rings (SSSR count). The molecule has 1 unspecified atom stereocenters. The van der Waals surface area contributed by atoms with E-state index in [0.717, 1.165) is 5.56 Å². The number of hydrogen-bond donors (Lipinski definition) is 1. The summed E-state index contributed by atoms with van der Waals surface area (Å²) in [6.07, 6.45) is 3.59. The number of rotatable bonds is 4. The van der Waals surface area contributed by atoms with Crippen LogP contribution in [0.15, 0.2) is 53.9 Å². The smallest absolute Gasteiger partial charge is 0.271 e. The first-order valence-corrected chi connectivity index (χ1v) is 7.22. The summed E-state index contributed by atoms with van der Waals surface area (Å²) in [6, 6.07) is 11.0. The lowest BCUT2D eigenvalue weighted by molar-refractivity contribution is -0.135. The molecule has 0 saturated carbocycles. The lowest BCUT2D eigenvalue weighted by atomic mass is 9.94. The largest absolute Gasteiger partial charge is 0.496 e. The quantitative estimate of drug-likeness (QED) is 0.942. The average Bonchev–Trinajstić information content (AvgIpc) is 2.99. The van der Waals surface area contributed by atoms with E-state index in [1.807, 2.05) is 24.3 Å². The minimum absolute atomic E-state index is 0.265. The SMILES string of the molecule is COc1ccccc1C1=NOC(C)(C(=O)Nc2cccnc2)C1. The van der Waals surface area contributed by atoms with Crippen LogP contribution >= 0.6 is 0 Å². The van der Waals surface area contributed by atoms with Gasteiger partial charge in [-0.05, 0) is 31.2 Å². The standard InChI is InChI=1S/C17H17N3O3/c1-17(16(21)19-12-6-5-9-18-11-12)10-14(20-23-17)13-7-3-4-8-15(13)22-2/h3-9,11H,10H2,1-2H3,(H,19,21). The van der Waals surface area contributed by atoms with Gasteiger partial charge in [0.1, 0.15) is 5.75 Å². The molecule has 23 heavy (non-hydrogen) atoms. The number of hydrogen-bond acceptors (Lipinski definition) is 5. The third kappa shape index (κ3) is 3.01. The molecule has 1 N–H and O–H groups in total. The third-order valence-corrected chi connectivity index (χ3v) is 3.68. The fourth-order valence-electron chi connectivity index (χ4n) is 2.39. The topological polar surface area (TPSA) is 72.8 Å². The van der Waals surface area contributed by atoms with Crippen molar-refractivity contribution in [2.24, 2.45) is 5.16 Å². The van der Waals surface area contributed by atoms with Gasteiger partial charge in [-0.1, -0.05) is 17.3 Å². The van der Waals surface area contributed by atoms with Gasteiger partial charge in [-0.2, -0.15) is 0 Å². The van der Waals surface area contributed by atoms with Crippen LogP contribution in [0.3, 0.4) is 0 Å². The number of pyridine rings is 1. The second-order valence-corrected chi connectivity index (χ2v) is 5.43. The predicted octanol–water partition coefficient (Wildman–Crippen LogP) is 2.61. The van der Waals surface area contributed by atoms with E-state index < -0.39 is 5.60 Å². The molecule has 1 atom stereocenters. The van der Waals surface area contributed by atoms with Crippen molar-refractivity contribution in [3.63, 3.8) is 0 Å². The zero-order valence-electron chi connectivity index (χ0n) is 12.9. The number of amides is 1. The Balaban J connectivity index is 1.75. The molecule has 0 fully saturated rings. The molecule has 6 nitrogen and oxygen atoms in total. The normalized spacial score (nSPS) is 19.7. The number of oxime groups is 1. The summed E-state index contributed by atoms with van der Waals surface area (Å²) in [5.41, 5.74) is 1.07. The Hall–Kier alpha value is -2.89. The molecule has 6 heteroatoms. The summed E-state index contributed by atoms with van der Waals surface area (Å²) in [5.74, 6) is 0.436. The second kappa shape index (κ2) is 6.08. The summed E-state index contributed by atoms with van der Waals surface area (Å²) in [4.78, 5) is 21.9. The van der Waals surface area contributed by atoms with Gasteiger partial charge >= 0.3 is 0 Å². The molecule has 1 aromatic carbocycles. The van der Waals surface area contributed by atoms with E-state index >= 15 is 0 Å². The van der Waals surface area contributed by atoms with Gasteiger partial charge in [0.15, 0.2) is 0 Å². The van der Waals surface area contributed by atoms with E-state index in [1.165, 1.54) is 0 Å². The molecule has 1 amide bonds. The Morgan fingerprint density at radius 1 is 1.30 bits per heavy atom. The van der Waals surface area contributed by atoms with E-state index in [9.17, 15) is 4.79 Å². The highest BCUT2D eigenvalue weighted by molar-refractivity contribution is 6.09. The number of carbonyl (C=O) groups excluding carboxylic acids is 1. The zero-order chi connectivity index (χ0) is 16.3. The van der Waals surface area contributed by atoms with Gasteiger partial charge in [0.2, 0.25) is 5.60 Å². The Bertz CT molecular complexity index is 746. The molecule has 0 spiro atoms. The van der Waals surface area contributed by atoms with Gasteiger partial charge in [0.05, 0.1) is 24.7 Å². The zero-order valence-corrected chi connectivity index (χ0v) is 12.9. The molecule has 1 aliphatic heterocycles. The average molecular weight is 311 g/mol. The van der Waals surface area contributed by atoms with Crippen LogP contribution in [-0.2, 0) is 9.63 Å². The maximum atomic E-state index is 12.5. The minimum atomic E-state index is -1.06. The number of nitrogens with zero attached hydrogens (tertiary/aromatic N) is 2.